The third kappa shape index (κ3) is 1.95. The van der Waals surface area contributed by atoms with Gasteiger partial charge in [-0.3, -0.25) is 0 Å². The standard InChI is InChI=1S/C13H17NO2/c1-16-13(15)10-6-5-9-3-2-4-11(8-14)12(9)7-10/h5-7,11H,2-4,8,14H2,1H3. The quantitative estimate of drug-likeness (QED) is 0.772. The molecular weight excluding hydrogens is 202 g/mol. The van der Waals surface area contributed by atoms with Gasteiger partial charge in [-0.2, -0.15) is 0 Å². The maximum atomic E-state index is 11.4. The van der Waals surface area contributed by atoms with E-state index in [9.17, 15) is 4.79 Å². The molecular formula is C13H17NO2. The Kier molecular flexibility index (Phi) is 3.25. The number of hydrogen-bond donors (Lipinski definition) is 1. The predicted octanol–water partition coefficient (Wildman–Crippen LogP) is 1.85. The molecule has 2 rings (SSSR count). The molecule has 0 spiro atoms. The highest BCUT2D eigenvalue weighted by atomic mass is 16.5. The van der Waals surface area contributed by atoms with Crippen molar-refractivity contribution in [3.05, 3.63) is 34.9 Å². The van der Waals surface area contributed by atoms with E-state index in [0.29, 0.717) is 18.0 Å². The zero-order chi connectivity index (χ0) is 11.5. The summed E-state index contributed by atoms with van der Waals surface area (Å²) in [6.45, 7) is 0.650. The second-order valence-corrected chi connectivity index (χ2v) is 4.23. The summed E-state index contributed by atoms with van der Waals surface area (Å²) in [6.07, 6.45) is 3.40. The fourth-order valence-corrected chi connectivity index (χ4v) is 2.39. The van der Waals surface area contributed by atoms with E-state index in [2.05, 4.69) is 0 Å². The minimum Gasteiger partial charge on any atom is -0.465 e. The molecule has 0 radical (unpaired) electrons. The van der Waals surface area contributed by atoms with Crippen LogP contribution in [0, 0.1) is 0 Å². The van der Waals surface area contributed by atoms with Crippen molar-refractivity contribution in [2.45, 2.75) is 25.2 Å². The molecule has 0 heterocycles. The molecule has 0 bridgehead atoms. The van der Waals surface area contributed by atoms with Gasteiger partial charge in [0.15, 0.2) is 0 Å². The van der Waals surface area contributed by atoms with Gasteiger partial charge in [-0.1, -0.05) is 6.07 Å². The van der Waals surface area contributed by atoms with E-state index < -0.39 is 0 Å². The van der Waals surface area contributed by atoms with E-state index in [1.54, 1.807) is 0 Å². The molecule has 1 aromatic rings. The normalized spacial score (nSPS) is 19.0. The largest absolute Gasteiger partial charge is 0.465 e. The van der Waals surface area contributed by atoms with Crippen molar-refractivity contribution >= 4 is 5.97 Å². The minimum absolute atomic E-state index is 0.274. The summed E-state index contributed by atoms with van der Waals surface area (Å²) in [5, 5.41) is 0. The Hall–Kier alpha value is -1.35. The van der Waals surface area contributed by atoms with Gasteiger partial charge in [0, 0.05) is 0 Å². The van der Waals surface area contributed by atoms with Crippen molar-refractivity contribution < 1.29 is 9.53 Å². The highest BCUT2D eigenvalue weighted by Crippen LogP contribution is 2.31. The van der Waals surface area contributed by atoms with Crippen LogP contribution in [-0.2, 0) is 11.2 Å². The number of esters is 1. The first-order chi connectivity index (χ1) is 7.76. The van der Waals surface area contributed by atoms with E-state index in [0.717, 1.165) is 12.8 Å². The first-order valence-electron chi connectivity index (χ1n) is 5.67. The summed E-state index contributed by atoms with van der Waals surface area (Å²) in [5.74, 6) is 0.123. The molecule has 1 atom stereocenters. The van der Waals surface area contributed by atoms with Gasteiger partial charge in [-0.25, -0.2) is 4.79 Å². The van der Waals surface area contributed by atoms with Crippen LogP contribution >= 0.6 is 0 Å². The third-order valence-corrected chi connectivity index (χ3v) is 3.29. The monoisotopic (exact) mass is 219 g/mol. The van der Waals surface area contributed by atoms with Crippen LogP contribution in [0.2, 0.25) is 0 Å². The summed E-state index contributed by atoms with van der Waals surface area (Å²) in [6, 6.07) is 5.81. The van der Waals surface area contributed by atoms with Gasteiger partial charge in [0.25, 0.3) is 0 Å². The number of benzene rings is 1. The molecule has 1 aliphatic rings. The van der Waals surface area contributed by atoms with E-state index in [4.69, 9.17) is 10.5 Å². The fourth-order valence-electron chi connectivity index (χ4n) is 2.39. The predicted molar refractivity (Wildman–Crippen MR) is 62.5 cm³/mol. The second kappa shape index (κ2) is 4.66. The number of aryl methyl sites for hydroxylation is 1. The van der Waals surface area contributed by atoms with Crippen LogP contribution in [0.3, 0.4) is 0 Å². The Balaban J connectivity index is 2.38. The Morgan fingerprint density at radius 1 is 1.56 bits per heavy atom. The zero-order valence-corrected chi connectivity index (χ0v) is 9.53. The van der Waals surface area contributed by atoms with Gasteiger partial charge in [0.2, 0.25) is 0 Å². The number of hydrogen-bond acceptors (Lipinski definition) is 3. The second-order valence-electron chi connectivity index (χ2n) is 4.23. The van der Waals surface area contributed by atoms with Crippen LogP contribution in [-0.4, -0.2) is 19.6 Å². The van der Waals surface area contributed by atoms with Crippen molar-refractivity contribution in [2.24, 2.45) is 5.73 Å². The summed E-state index contributed by atoms with van der Waals surface area (Å²) in [5.41, 5.74) is 8.95. The first kappa shape index (κ1) is 11.1. The number of nitrogens with two attached hydrogens (primary N) is 1. The van der Waals surface area contributed by atoms with Gasteiger partial charge >= 0.3 is 5.97 Å². The van der Waals surface area contributed by atoms with Crippen molar-refractivity contribution in [1.29, 1.82) is 0 Å². The van der Waals surface area contributed by atoms with Crippen molar-refractivity contribution in [3.8, 4) is 0 Å². The van der Waals surface area contributed by atoms with Crippen LogP contribution < -0.4 is 5.73 Å². The number of carbonyl (C=O) groups is 1. The van der Waals surface area contributed by atoms with Crippen molar-refractivity contribution in [3.63, 3.8) is 0 Å². The summed E-state index contributed by atoms with van der Waals surface area (Å²) >= 11 is 0. The lowest BCUT2D eigenvalue weighted by Gasteiger charge is -2.24. The van der Waals surface area contributed by atoms with E-state index in [-0.39, 0.29) is 5.97 Å². The van der Waals surface area contributed by atoms with Crippen molar-refractivity contribution in [1.82, 2.24) is 0 Å². The summed E-state index contributed by atoms with van der Waals surface area (Å²) in [7, 11) is 1.40. The molecule has 3 heteroatoms. The van der Waals surface area contributed by atoms with Gasteiger partial charge in [-0.15, -0.1) is 0 Å². The molecule has 0 aromatic heterocycles. The molecule has 86 valence electrons. The Labute approximate surface area is 95.6 Å². The number of carbonyl (C=O) groups excluding carboxylic acids is 1. The van der Waals surface area contributed by atoms with Gasteiger partial charge in [0.05, 0.1) is 12.7 Å². The zero-order valence-electron chi connectivity index (χ0n) is 9.53. The Bertz CT molecular complexity index is 401. The number of ether oxygens (including phenoxy) is 1. The third-order valence-electron chi connectivity index (χ3n) is 3.29. The first-order valence-corrected chi connectivity index (χ1v) is 5.67. The number of methoxy groups -OCH3 is 1. The molecule has 0 amide bonds. The van der Waals surface area contributed by atoms with Crippen LogP contribution in [0.4, 0.5) is 0 Å². The SMILES string of the molecule is COC(=O)c1ccc2c(c1)C(CN)CCC2. The topological polar surface area (TPSA) is 52.3 Å². The lowest BCUT2D eigenvalue weighted by Crippen LogP contribution is -2.19. The van der Waals surface area contributed by atoms with Crippen LogP contribution in [0.1, 0.15) is 40.2 Å². The molecule has 0 saturated carbocycles. The Morgan fingerprint density at radius 3 is 3.06 bits per heavy atom. The maximum absolute atomic E-state index is 11.4. The highest BCUT2D eigenvalue weighted by molar-refractivity contribution is 5.89. The van der Waals surface area contributed by atoms with E-state index >= 15 is 0 Å². The van der Waals surface area contributed by atoms with Crippen molar-refractivity contribution in [2.75, 3.05) is 13.7 Å². The molecule has 0 aliphatic heterocycles. The fraction of sp³-hybridized carbons (Fsp3) is 0.462. The smallest absolute Gasteiger partial charge is 0.337 e. The molecule has 3 nitrogen and oxygen atoms in total. The maximum Gasteiger partial charge on any atom is 0.337 e. The molecule has 0 saturated heterocycles. The van der Waals surface area contributed by atoms with E-state index in [1.807, 2.05) is 18.2 Å². The van der Waals surface area contributed by atoms with Crippen LogP contribution in [0.25, 0.3) is 0 Å². The van der Waals surface area contributed by atoms with Gasteiger partial charge < -0.3 is 10.5 Å². The molecule has 1 aliphatic carbocycles. The van der Waals surface area contributed by atoms with Gasteiger partial charge in [0.1, 0.15) is 0 Å². The lowest BCUT2D eigenvalue weighted by atomic mass is 9.82. The number of fused-ring (bicyclic) bond motifs is 1. The minimum atomic E-state index is -0.274. The number of rotatable bonds is 2. The molecule has 0 fully saturated rings. The highest BCUT2D eigenvalue weighted by Gasteiger charge is 2.20. The average Bonchev–Trinajstić information content (AvgIpc) is 2.36. The van der Waals surface area contributed by atoms with Crippen LogP contribution in [0.15, 0.2) is 18.2 Å². The van der Waals surface area contributed by atoms with Gasteiger partial charge in [-0.05, 0) is 55.0 Å². The Morgan fingerprint density at radius 2 is 2.38 bits per heavy atom. The molecule has 2 N–H and O–H groups in total. The summed E-state index contributed by atoms with van der Waals surface area (Å²) in [4.78, 5) is 11.4. The lowest BCUT2D eigenvalue weighted by molar-refractivity contribution is 0.0600. The molecule has 16 heavy (non-hydrogen) atoms. The summed E-state index contributed by atoms with van der Waals surface area (Å²) < 4.78 is 4.73. The average molecular weight is 219 g/mol. The molecule has 1 unspecified atom stereocenters. The van der Waals surface area contributed by atoms with Crippen LogP contribution in [0.5, 0.6) is 0 Å². The van der Waals surface area contributed by atoms with E-state index in [1.165, 1.54) is 24.7 Å². The molecule has 1 aromatic carbocycles.